The van der Waals surface area contributed by atoms with Crippen molar-refractivity contribution in [3.8, 4) is 0 Å². The molecule has 0 aromatic rings. The van der Waals surface area contributed by atoms with Crippen LogP contribution in [0.2, 0.25) is 18.1 Å². The van der Waals surface area contributed by atoms with Gasteiger partial charge in [0.15, 0.2) is 8.32 Å². The number of carbonyl (C=O) groups is 3. The van der Waals surface area contributed by atoms with Crippen LogP contribution in [0.15, 0.2) is 23.3 Å². The Morgan fingerprint density at radius 1 is 1.39 bits per heavy atom. The van der Waals surface area contributed by atoms with E-state index >= 15 is 0 Å². The molecule has 0 saturated carbocycles. The van der Waals surface area contributed by atoms with Crippen LogP contribution in [0.1, 0.15) is 27.7 Å². The number of carbonyl (C=O) groups excluding carboxylic acids is 3. The number of rotatable bonds is 11. The monoisotopic (exact) mass is 499 g/mol. The van der Waals surface area contributed by atoms with Gasteiger partial charge in [-0.15, -0.1) is 11.8 Å². The number of amides is 2. The third kappa shape index (κ3) is 5.54. The lowest BCUT2D eigenvalue weighted by molar-refractivity contribution is -0.157. The summed E-state index contributed by atoms with van der Waals surface area (Å²) in [5.41, 5.74) is 5.55. The van der Waals surface area contributed by atoms with Gasteiger partial charge in [-0.05, 0) is 32.1 Å². The topological polar surface area (TPSA) is 122 Å². The zero-order valence-corrected chi connectivity index (χ0v) is 22.4. The molecule has 11 heteroatoms. The molecule has 2 heterocycles. The third-order valence-electron chi connectivity index (χ3n) is 6.60. The highest BCUT2D eigenvalue weighted by atomic mass is 32.2. The summed E-state index contributed by atoms with van der Waals surface area (Å²) in [4.78, 5) is 41.3. The number of likely N-dealkylation sites (N-methyl/N-ethyl adjacent to an activating group) is 1. The van der Waals surface area contributed by atoms with Gasteiger partial charge in [0, 0.05) is 11.4 Å². The van der Waals surface area contributed by atoms with E-state index in [9.17, 15) is 19.5 Å². The molecule has 3 N–H and O–H groups in total. The van der Waals surface area contributed by atoms with Gasteiger partial charge in [-0.2, -0.15) is 0 Å². The number of aliphatic hydroxyl groups is 1. The Morgan fingerprint density at radius 2 is 2.00 bits per heavy atom. The van der Waals surface area contributed by atoms with Crippen molar-refractivity contribution in [3.63, 3.8) is 0 Å². The van der Waals surface area contributed by atoms with E-state index in [1.165, 1.54) is 22.7 Å². The normalized spacial score (nSPS) is 22.7. The summed E-state index contributed by atoms with van der Waals surface area (Å²) in [6.07, 6.45) is 1.14. The van der Waals surface area contributed by atoms with Gasteiger partial charge in [-0.25, -0.2) is 4.79 Å². The average molecular weight is 500 g/mol. The molecule has 0 radical (unpaired) electrons. The molecule has 0 spiro atoms. The molecule has 0 aromatic heterocycles. The van der Waals surface area contributed by atoms with Gasteiger partial charge in [0.1, 0.15) is 23.7 Å². The first-order valence-electron chi connectivity index (χ1n) is 11.0. The fraction of sp³-hybridized carbons (Fsp3) is 0.682. The van der Waals surface area contributed by atoms with Gasteiger partial charge >= 0.3 is 5.97 Å². The largest absolute Gasteiger partial charge is 0.457 e. The molecule has 1 fully saturated rings. The minimum Gasteiger partial charge on any atom is -0.457 e. The maximum absolute atomic E-state index is 13.2. The number of β-lactam (4-membered cyclic amide) rings is 1. The van der Waals surface area contributed by atoms with Gasteiger partial charge in [-0.1, -0.05) is 33.4 Å². The van der Waals surface area contributed by atoms with Crippen molar-refractivity contribution < 1.29 is 28.7 Å². The first-order chi connectivity index (χ1) is 15.2. The maximum Gasteiger partial charge on any atom is 0.356 e. The number of thioether (sulfide) groups is 1. The van der Waals surface area contributed by atoms with E-state index in [4.69, 9.17) is 14.9 Å². The van der Waals surface area contributed by atoms with Crippen LogP contribution in [0.25, 0.3) is 0 Å². The van der Waals surface area contributed by atoms with Gasteiger partial charge in [0.05, 0.1) is 18.6 Å². The van der Waals surface area contributed by atoms with E-state index in [-0.39, 0.29) is 41.3 Å². The number of nitrogens with zero attached hydrogens (tertiary/aromatic N) is 2. The second-order valence-corrected chi connectivity index (χ2v) is 16.0. The predicted molar refractivity (Wildman–Crippen MR) is 130 cm³/mol. The van der Waals surface area contributed by atoms with Crippen molar-refractivity contribution in [2.75, 3.05) is 26.8 Å². The van der Waals surface area contributed by atoms with Crippen LogP contribution < -0.4 is 5.73 Å². The summed E-state index contributed by atoms with van der Waals surface area (Å²) in [6.45, 7) is 15.9. The van der Waals surface area contributed by atoms with Crippen LogP contribution in [0.3, 0.4) is 0 Å². The van der Waals surface area contributed by atoms with Crippen molar-refractivity contribution in [1.29, 1.82) is 0 Å². The van der Waals surface area contributed by atoms with Crippen LogP contribution in [0.4, 0.5) is 0 Å². The van der Waals surface area contributed by atoms with E-state index < -0.39 is 38.8 Å². The SMILES string of the molecule is C=CCOC(=O)C1=C(CN(C)[C@@H](CO)C(N)=O)S[C@@H]2[C@@H]([C@@H](C)O[Si](C)(C)C(C)(C)C)C(=O)N12. The molecule has 2 rings (SSSR count). The highest BCUT2D eigenvalue weighted by Crippen LogP contribution is 2.52. The van der Waals surface area contributed by atoms with Crippen LogP contribution in [-0.4, -0.2) is 85.3 Å². The van der Waals surface area contributed by atoms with Crippen LogP contribution in [0.5, 0.6) is 0 Å². The summed E-state index contributed by atoms with van der Waals surface area (Å²) < 4.78 is 11.7. The van der Waals surface area contributed by atoms with Crippen LogP contribution in [0, 0.1) is 5.92 Å². The van der Waals surface area contributed by atoms with E-state index in [1.54, 1.807) is 11.9 Å². The molecule has 2 aliphatic rings. The summed E-state index contributed by atoms with van der Waals surface area (Å²) in [7, 11) is -0.474. The lowest BCUT2D eigenvalue weighted by Gasteiger charge is -2.48. The Balaban J connectivity index is 2.29. The zero-order valence-electron chi connectivity index (χ0n) is 20.6. The standard InChI is InChI=1S/C22H37N3O6SSi/c1-9-10-30-21(29)17-15(11-24(6)14(12-26)18(23)27)32-20-16(19(28)25(17)20)13(2)31-33(7,8)22(3,4)5/h9,13-14,16,20,26H,1,10-12H2,2-8H3,(H2,23,27)/t13-,14+,16+,20-/m1/s1. The van der Waals surface area contributed by atoms with Crippen molar-refractivity contribution in [2.24, 2.45) is 11.7 Å². The van der Waals surface area contributed by atoms with Crippen LogP contribution >= 0.6 is 11.8 Å². The number of nitrogens with two attached hydrogens (primary N) is 1. The van der Waals surface area contributed by atoms with E-state index in [0.717, 1.165) is 0 Å². The number of ether oxygens (including phenoxy) is 1. The molecular formula is C22H37N3O6SSi. The molecule has 2 aliphatic heterocycles. The highest BCUT2D eigenvalue weighted by molar-refractivity contribution is 8.04. The molecule has 0 aliphatic carbocycles. The summed E-state index contributed by atoms with van der Waals surface area (Å²) in [5, 5.41) is 9.23. The number of hydrogen-bond donors (Lipinski definition) is 2. The van der Waals surface area contributed by atoms with Crippen molar-refractivity contribution >= 4 is 37.9 Å². The summed E-state index contributed by atoms with van der Waals surface area (Å²) in [6, 6.07) is -0.913. The predicted octanol–water partition coefficient (Wildman–Crippen LogP) is 1.65. The van der Waals surface area contributed by atoms with E-state index in [1.807, 2.05) is 6.92 Å². The van der Waals surface area contributed by atoms with Gasteiger partial charge in [0.25, 0.3) is 0 Å². The molecule has 0 aromatic carbocycles. The fourth-order valence-corrected chi connectivity index (χ4v) is 6.74. The first-order valence-corrected chi connectivity index (χ1v) is 14.8. The smallest absolute Gasteiger partial charge is 0.356 e. The van der Waals surface area contributed by atoms with E-state index in [2.05, 4.69) is 40.4 Å². The average Bonchev–Trinajstić information content (AvgIpc) is 2.98. The van der Waals surface area contributed by atoms with Crippen LogP contribution in [-0.2, 0) is 23.5 Å². The van der Waals surface area contributed by atoms with Crippen molar-refractivity contribution in [2.45, 2.75) is 63.3 Å². The minimum absolute atomic E-state index is 0.00357. The quantitative estimate of drug-likeness (QED) is 0.190. The summed E-state index contributed by atoms with van der Waals surface area (Å²) >= 11 is 1.39. The fourth-order valence-electron chi connectivity index (χ4n) is 3.64. The molecule has 2 amide bonds. The van der Waals surface area contributed by atoms with Gasteiger partial charge in [-0.3, -0.25) is 19.4 Å². The number of aliphatic hydroxyl groups excluding tert-OH is 1. The molecule has 186 valence electrons. The Kier molecular flexibility index (Phi) is 8.61. The Hall–Kier alpha value is -1.66. The molecule has 33 heavy (non-hydrogen) atoms. The van der Waals surface area contributed by atoms with Crippen molar-refractivity contribution in [1.82, 2.24) is 9.80 Å². The van der Waals surface area contributed by atoms with E-state index in [0.29, 0.717) is 4.91 Å². The van der Waals surface area contributed by atoms with Gasteiger partial charge < -0.3 is 20.0 Å². The number of hydrogen-bond acceptors (Lipinski definition) is 8. The minimum atomic E-state index is -2.10. The summed E-state index contributed by atoms with van der Waals surface area (Å²) in [5.74, 6) is -1.89. The lowest BCUT2D eigenvalue weighted by atomic mass is 9.92. The highest BCUT2D eigenvalue weighted by Gasteiger charge is 2.59. The molecule has 9 nitrogen and oxygen atoms in total. The maximum atomic E-state index is 13.2. The number of esters is 1. The first kappa shape index (κ1) is 27.6. The Morgan fingerprint density at radius 3 is 2.48 bits per heavy atom. The van der Waals surface area contributed by atoms with Gasteiger partial charge in [0.2, 0.25) is 11.8 Å². The van der Waals surface area contributed by atoms with Crippen molar-refractivity contribution in [3.05, 3.63) is 23.3 Å². The number of fused-ring (bicyclic) bond motifs is 1. The molecule has 0 unspecified atom stereocenters. The Bertz CT molecular complexity index is 840. The molecular weight excluding hydrogens is 462 g/mol. The molecule has 0 bridgehead atoms. The second kappa shape index (κ2) is 10.3. The third-order valence-corrected chi connectivity index (χ3v) is 12.5. The Labute approximate surface area is 201 Å². The molecule has 1 saturated heterocycles. The molecule has 4 atom stereocenters. The zero-order chi connectivity index (χ0) is 25.3. The lowest BCUT2D eigenvalue weighted by Crippen LogP contribution is -2.62. The number of primary amides is 1. The second-order valence-electron chi connectivity index (χ2n) is 10.0.